The number of carbonyl (C=O) groups excluding carboxylic acids is 1. The molecular weight excluding hydrogens is 547 g/mol. The zero-order valence-corrected chi connectivity index (χ0v) is 26.4. The van der Waals surface area contributed by atoms with Gasteiger partial charge in [0.25, 0.3) is 0 Å². The lowest BCUT2D eigenvalue weighted by Crippen LogP contribution is -2.48. The molecule has 2 aliphatic heterocycles. The van der Waals surface area contributed by atoms with Crippen molar-refractivity contribution in [1.29, 1.82) is 0 Å². The van der Waals surface area contributed by atoms with Crippen LogP contribution in [0, 0.1) is 24.1 Å². The van der Waals surface area contributed by atoms with E-state index in [9.17, 15) is 19.1 Å². The first-order valence-electron chi connectivity index (χ1n) is 15.6. The van der Waals surface area contributed by atoms with E-state index in [1.807, 2.05) is 36.1 Å². The Labute approximate surface area is 255 Å². The van der Waals surface area contributed by atoms with E-state index in [1.165, 1.54) is 6.07 Å². The Morgan fingerprint density at radius 2 is 1.81 bits per heavy atom. The first-order chi connectivity index (χ1) is 20.5. The Balaban J connectivity index is 1.73. The number of carboxylic acid groups (broad SMARTS) is 1. The molecule has 1 N–H and O–H groups in total. The Morgan fingerprint density at radius 3 is 2.44 bits per heavy atom. The van der Waals surface area contributed by atoms with E-state index in [4.69, 9.17) is 9.47 Å². The van der Waals surface area contributed by atoms with Crippen LogP contribution in [0.15, 0.2) is 48.6 Å². The summed E-state index contributed by atoms with van der Waals surface area (Å²) in [5.74, 6) is -1.07. The van der Waals surface area contributed by atoms with Crippen molar-refractivity contribution in [2.24, 2.45) is 11.3 Å². The second-order valence-corrected chi connectivity index (χ2v) is 12.7. The predicted molar refractivity (Wildman–Crippen MR) is 167 cm³/mol. The molecule has 3 atom stereocenters. The molecule has 43 heavy (non-hydrogen) atoms. The number of aliphatic carboxylic acids is 1. The molecule has 0 saturated carbocycles. The van der Waals surface area contributed by atoms with E-state index in [0.717, 1.165) is 31.2 Å². The lowest BCUT2D eigenvalue weighted by atomic mass is 9.77. The van der Waals surface area contributed by atoms with E-state index >= 15 is 0 Å². The second kappa shape index (κ2) is 13.9. The van der Waals surface area contributed by atoms with E-state index < -0.39 is 11.9 Å². The number of amides is 1. The zero-order chi connectivity index (χ0) is 31.3. The minimum Gasteiger partial charge on any atom is -0.481 e. The highest BCUT2D eigenvalue weighted by molar-refractivity contribution is 5.95. The van der Waals surface area contributed by atoms with Crippen molar-refractivity contribution < 1.29 is 28.6 Å². The highest BCUT2D eigenvalue weighted by Crippen LogP contribution is 2.45. The normalized spacial score (nSPS) is 20.3. The zero-order valence-electron chi connectivity index (χ0n) is 26.4. The Kier molecular flexibility index (Phi) is 10.5. The number of allylic oxidation sites excluding steroid dienone is 2. The lowest BCUT2D eigenvalue weighted by molar-refractivity contribution is -0.143. The van der Waals surface area contributed by atoms with Gasteiger partial charge in [0.05, 0.1) is 12.5 Å². The molecule has 0 aromatic heterocycles. The maximum absolute atomic E-state index is 14.4. The summed E-state index contributed by atoms with van der Waals surface area (Å²) in [7, 11) is 0. The van der Waals surface area contributed by atoms with Crippen LogP contribution in [0.25, 0.3) is 0 Å². The van der Waals surface area contributed by atoms with Crippen molar-refractivity contribution in [3.05, 3.63) is 65.5 Å². The van der Waals surface area contributed by atoms with Gasteiger partial charge in [-0.2, -0.15) is 0 Å². The molecule has 0 unspecified atom stereocenters. The Morgan fingerprint density at radius 1 is 1.12 bits per heavy atom. The van der Waals surface area contributed by atoms with Crippen molar-refractivity contribution in [2.75, 3.05) is 24.8 Å². The number of likely N-dealkylation sites (tertiary alicyclic amines) is 1. The van der Waals surface area contributed by atoms with Gasteiger partial charge < -0.3 is 19.5 Å². The van der Waals surface area contributed by atoms with Crippen molar-refractivity contribution >= 4 is 17.6 Å². The molecular formula is C35H47FN2O5. The molecule has 0 radical (unpaired) electrons. The summed E-state index contributed by atoms with van der Waals surface area (Å²) < 4.78 is 25.4. The number of anilines is 1. The topological polar surface area (TPSA) is 79.3 Å². The van der Waals surface area contributed by atoms with Crippen LogP contribution in [-0.4, -0.2) is 53.8 Å². The summed E-state index contributed by atoms with van der Waals surface area (Å²) in [6.07, 6.45) is 8.14. The molecule has 1 saturated heterocycles. The Hall–Kier alpha value is -3.39. The van der Waals surface area contributed by atoms with Crippen LogP contribution in [0.3, 0.4) is 0 Å². The molecule has 8 heteroatoms. The number of halogens is 1. The molecule has 2 aliphatic rings. The van der Waals surface area contributed by atoms with Crippen LogP contribution in [0.1, 0.15) is 83.8 Å². The minimum atomic E-state index is -0.875. The monoisotopic (exact) mass is 594 g/mol. The van der Waals surface area contributed by atoms with E-state index in [2.05, 4.69) is 38.7 Å². The molecule has 1 amide bonds. The number of fused-ring (bicyclic) bond motifs is 1. The molecule has 0 spiro atoms. The lowest BCUT2D eigenvalue weighted by Gasteiger charge is -2.36. The van der Waals surface area contributed by atoms with Gasteiger partial charge >= 0.3 is 5.97 Å². The van der Waals surface area contributed by atoms with Crippen LogP contribution < -0.4 is 14.4 Å². The van der Waals surface area contributed by atoms with Crippen LogP contribution in [-0.2, 0) is 9.59 Å². The standard InChI is InChI=1S/C35H47FN2O5/c1-7-10-25(11-8-2)38(26-13-14-28(36)23(4)17-26)32(39)21-37-20-27(24-12-15-30-31(18-24)43-22-42-30)33(34(40)41)29(37)19-35(5,6)16-9-3/h9,12-18,25,27,29,33H,7-8,10-11,19-22H2,1-6H3,(H,40,41)/t27-,29+,33-/m1/s1. The third-order valence-electron chi connectivity index (χ3n) is 8.85. The average Bonchev–Trinajstić information content (AvgIpc) is 3.55. The molecule has 234 valence electrons. The number of rotatable bonds is 13. The first-order valence-corrected chi connectivity index (χ1v) is 15.6. The van der Waals surface area contributed by atoms with E-state index in [1.54, 1.807) is 19.1 Å². The van der Waals surface area contributed by atoms with Gasteiger partial charge in [-0.15, -0.1) is 0 Å². The van der Waals surface area contributed by atoms with Gasteiger partial charge in [-0.25, -0.2) is 4.39 Å². The maximum Gasteiger partial charge on any atom is 0.308 e. The summed E-state index contributed by atoms with van der Waals surface area (Å²) in [5, 5.41) is 10.6. The van der Waals surface area contributed by atoms with Crippen LogP contribution >= 0.6 is 0 Å². The molecule has 0 aliphatic carbocycles. The van der Waals surface area contributed by atoms with Crippen molar-refractivity contribution in [1.82, 2.24) is 4.90 Å². The third-order valence-corrected chi connectivity index (χ3v) is 8.85. The van der Waals surface area contributed by atoms with Gasteiger partial charge in [0.1, 0.15) is 5.82 Å². The number of ether oxygens (including phenoxy) is 2. The Bertz CT molecular complexity index is 1320. The molecule has 7 nitrogen and oxygen atoms in total. The van der Waals surface area contributed by atoms with Gasteiger partial charge in [-0.3, -0.25) is 14.5 Å². The van der Waals surface area contributed by atoms with Gasteiger partial charge in [-0.05, 0) is 80.0 Å². The first kappa shape index (κ1) is 32.5. The van der Waals surface area contributed by atoms with Gasteiger partial charge in [0.2, 0.25) is 12.7 Å². The quantitative estimate of drug-likeness (QED) is 0.245. The third kappa shape index (κ3) is 7.40. The van der Waals surface area contributed by atoms with Gasteiger partial charge in [-0.1, -0.05) is 58.8 Å². The number of carboxylic acids is 1. The smallest absolute Gasteiger partial charge is 0.308 e. The molecule has 0 bridgehead atoms. The fourth-order valence-corrected chi connectivity index (χ4v) is 6.94. The largest absolute Gasteiger partial charge is 0.481 e. The summed E-state index contributed by atoms with van der Waals surface area (Å²) in [6.45, 7) is 12.7. The highest BCUT2D eigenvalue weighted by atomic mass is 19.1. The average molecular weight is 595 g/mol. The minimum absolute atomic E-state index is 0.0344. The fourth-order valence-electron chi connectivity index (χ4n) is 6.94. The van der Waals surface area contributed by atoms with Crippen LogP contribution in [0.4, 0.5) is 10.1 Å². The van der Waals surface area contributed by atoms with E-state index in [0.29, 0.717) is 35.7 Å². The molecule has 4 rings (SSSR count). The van der Waals surface area contributed by atoms with Crippen molar-refractivity contribution in [2.45, 2.75) is 91.6 Å². The number of hydrogen-bond donors (Lipinski definition) is 1. The number of hydrogen-bond acceptors (Lipinski definition) is 5. The number of benzene rings is 2. The van der Waals surface area contributed by atoms with Crippen molar-refractivity contribution in [3.63, 3.8) is 0 Å². The SMILES string of the molecule is CC=CC(C)(C)C[C@H]1[C@H](C(=O)O)[C@@H](c2ccc3c(c2)OCO3)CN1CC(=O)N(c1ccc(F)c(C)c1)C(CCC)CCC. The highest BCUT2D eigenvalue weighted by Gasteiger charge is 2.49. The van der Waals surface area contributed by atoms with Crippen LogP contribution in [0.5, 0.6) is 11.5 Å². The number of aryl methyl sites for hydroxylation is 1. The number of carbonyl (C=O) groups is 2. The molecule has 1 fully saturated rings. The van der Waals surface area contributed by atoms with Gasteiger partial charge in [0.15, 0.2) is 11.5 Å². The fraction of sp³-hybridized carbons (Fsp3) is 0.543. The molecule has 2 heterocycles. The molecule has 2 aromatic rings. The summed E-state index contributed by atoms with van der Waals surface area (Å²) in [4.78, 5) is 31.3. The van der Waals surface area contributed by atoms with Gasteiger partial charge in [0, 0.05) is 30.2 Å². The number of nitrogens with zero attached hydrogens (tertiary/aromatic N) is 2. The predicted octanol–water partition coefficient (Wildman–Crippen LogP) is 7.33. The maximum atomic E-state index is 14.4. The van der Waals surface area contributed by atoms with Crippen molar-refractivity contribution in [3.8, 4) is 11.5 Å². The summed E-state index contributed by atoms with van der Waals surface area (Å²) >= 11 is 0. The van der Waals surface area contributed by atoms with E-state index in [-0.39, 0.29) is 48.5 Å². The second-order valence-electron chi connectivity index (χ2n) is 12.7. The van der Waals surface area contributed by atoms with Crippen LogP contribution in [0.2, 0.25) is 0 Å². The summed E-state index contributed by atoms with van der Waals surface area (Å²) in [5.41, 5.74) is 1.76. The summed E-state index contributed by atoms with van der Waals surface area (Å²) in [6, 6.07) is 10.1. The molecule has 2 aromatic carbocycles.